The number of hydrogen-bond donors (Lipinski definition) is 2. The third-order valence-electron chi connectivity index (χ3n) is 6.42. The minimum absolute atomic E-state index is 0.0754. The summed E-state index contributed by atoms with van der Waals surface area (Å²) in [6.07, 6.45) is 8.14. The monoisotopic (exact) mass is 456 g/mol. The molecule has 0 unspecified atom stereocenters. The van der Waals surface area contributed by atoms with E-state index in [-0.39, 0.29) is 16.1 Å². The summed E-state index contributed by atoms with van der Waals surface area (Å²) in [5.41, 5.74) is 6.02. The zero-order chi connectivity index (χ0) is 22.5. The van der Waals surface area contributed by atoms with Gasteiger partial charge in [0.2, 0.25) is 5.95 Å². The average molecular weight is 457 g/mol. The van der Waals surface area contributed by atoms with Crippen molar-refractivity contribution >= 4 is 21.5 Å². The molecule has 0 amide bonds. The van der Waals surface area contributed by atoms with Gasteiger partial charge in [0, 0.05) is 19.0 Å². The van der Waals surface area contributed by atoms with Crippen LogP contribution in [0.5, 0.6) is 0 Å². The lowest BCUT2D eigenvalue weighted by atomic mass is 9.99. The zero-order valence-corrected chi connectivity index (χ0v) is 19.4. The van der Waals surface area contributed by atoms with Crippen molar-refractivity contribution in [3.05, 3.63) is 40.6 Å². The van der Waals surface area contributed by atoms with Gasteiger partial charge in [-0.3, -0.25) is 4.68 Å². The van der Waals surface area contributed by atoms with Gasteiger partial charge in [-0.15, -0.1) is 5.10 Å². The van der Waals surface area contributed by atoms with E-state index in [0.717, 1.165) is 44.2 Å². The number of sulfone groups is 1. The summed E-state index contributed by atoms with van der Waals surface area (Å²) >= 11 is 0. The van der Waals surface area contributed by atoms with Gasteiger partial charge in [-0.1, -0.05) is 6.07 Å². The van der Waals surface area contributed by atoms with Crippen molar-refractivity contribution < 1.29 is 13.2 Å². The molecule has 2 aliphatic carbocycles. The van der Waals surface area contributed by atoms with Crippen LogP contribution in [-0.4, -0.2) is 46.1 Å². The van der Waals surface area contributed by atoms with Gasteiger partial charge >= 0.3 is 0 Å². The summed E-state index contributed by atoms with van der Waals surface area (Å²) in [5, 5.41) is 14.0. The van der Waals surface area contributed by atoms with E-state index in [1.807, 2.05) is 13.8 Å². The van der Waals surface area contributed by atoms with Crippen LogP contribution in [0, 0.1) is 0 Å². The molecule has 0 atom stereocenters. The van der Waals surface area contributed by atoms with Gasteiger partial charge in [-0.05, 0) is 80.7 Å². The van der Waals surface area contributed by atoms with Crippen molar-refractivity contribution in [2.45, 2.75) is 74.7 Å². The quantitative estimate of drug-likeness (QED) is 0.562. The fraction of sp³-hybridized carbons (Fsp3) is 0.500. The molecular weight excluding hydrogens is 428 g/mol. The Morgan fingerprint density at radius 1 is 1.16 bits per heavy atom. The largest absolute Gasteiger partial charge is 0.377 e. The SMILES string of the molecule is COC(C)(C)Cn1ccc(S(=O)(=O)c2nc(Nc3c4c(cc5c3CCC5)CCC4)n[nH]2)n1. The molecule has 5 rings (SSSR count). The molecular formula is C22H28N6O3S. The Labute approximate surface area is 187 Å². The lowest BCUT2D eigenvalue weighted by Gasteiger charge is -2.22. The number of anilines is 2. The van der Waals surface area contributed by atoms with Crippen LogP contribution in [0.4, 0.5) is 11.6 Å². The number of aromatic amines is 1. The summed E-state index contributed by atoms with van der Waals surface area (Å²) in [4.78, 5) is 4.26. The second-order valence-corrected chi connectivity index (χ2v) is 11.0. The van der Waals surface area contributed by atoms with Crippen LogP contribution in [0.25, 0.3) is 0 Å². The van der Waals surface area contributed by atoms with E-state index in [1.54, 1.807) is 18.0 Å². The number of aromatic nitrogens is 5. The summed E-state index contributed by atoms with van der Waals surface area (Å²) in [6, 6.07) is 3.82. The highest BCUT2D eigenvalue weighted by Crippen LogP contribution is 2.39. The van der Waals surface area contributed by atoms with Crippen molar-refractivity contribution in [3.63, 3.8) is 0 Å². The normalized spacial score (nSPS) is 15.7. The number of H-pyrrole nitrogens is 1. The molecule has 3 aromatic rings. The zero-order valence-electron chi connectivity index (χ0n) is 18.6. The predicted molar refractivity (Wildman–Crippen MR) is 119 cm³/mol. The Bertz CT molecular complexity index is 1240. The van der Waals surface area contributed by atoms with E-state index >= 15 is 0 Å². The average Bonchev–Trinajstić information content (AvgIpc) is 3.53. The molecule has 32 heavy (non-hydrogen) atoms. The Morgan fingerprint density at radius 2 is 1.84 bits per heavy atom. The number of fused-ring (bicyclic) bond motifs is 2. The van der Waals surface area contributed by atoms with E-state index < -0.39 is 15.4 Å². The van der Waals surface area contributed by atoms with E-state index in [2.05, 4.69) is 31.7 Å². The topological polar surface area (TPSA) is 115 Å². The maximum atomic E-state index is 13.1. The number of methoxy groups -OCH3 is 1. The third-order valence-corrected chi connectivity index (χ3v) is 7.88. The summed E-state index contributed by atoms with van der Waals surface area (Å²) < 4.78 is 33.1. The molecule has 9 nitrogen and oxygen atoms in total. The molecule has 0 fully saturated rings. The highest BCUT2D eigenvalue weighted by molar-refractivity contribution is 7.91. The summed E-state index contributed by atoms with van der Waals surface area (Å²) in [7, 11) is -2.30. The van der Waals surface area contributed by atoms with Crippen molar-refractivity contribution in [3.8, 4) is 0 Å². The number of rotatable bonds is 7. The Balaban J connectivity index is 1.41. The number of nitrogens with one attached hydrogen (secondary N) is 2. The molecule has 2 heterocycles. The van der Waals surface area contributed by atoms with Gasteiger partial charge in [-0.25, -0.2) is 13.5 Å². The van der Waals surface area contributed by atoms with Crippen LogP contribution < -0.4 is 5.32 Å². The van der Waals surface area contributed by atoms with Crippen molar-refractivity contribution in [1.29, 1.82) is 0 Å². The van der Waals surface area contributed by atoms with Gasteiger partial charge < -0.3 is 10.1 Å². The first kappa shape index (κ1) is 21.1. The second-order valence-electron chi connectivity index (χ2n) is 9.14. The highest BCUT2D eigenvalue weighted by Gasteiger charge is 2.28. The van der Waals surface area contributed by atoms with Crippen molar-refractivity contribution in [1.82, 2.24) is 25.0 Å². The first-order valence-corrected chi connectivity index (χ1v) is 12.4. The van der Waals surface area contributed by atoms with Gasteiger partial charge in [-0.2, -0.15) is 10.1 Å². The van der Waals surface area contributed by atoms with E-state index in [4.69, 9.17) is 4.74 Å². The third kappa shape index (κ3) is 3.71. The molecule has 2 aromatic heterocycles. The fourth-order valence-corrected chi connectivity index (χ4v) is 5.65. The van der Waals surface area contributed by atoms with E-state index in [0.29, 0.717) is 6.54 Å². The smallest absolute Gasteiger partial charge is 0.260 e. The molecule has 0 saturated carbocycles. The molecule has 1 aromatic carbocycles. The highest BCUT2D eigenvalue weighted by atomic mass is 32.2. The van der Waals surface area contributed by atoms with E-state index in [9.17, 15) is 8.42 Å². The Morgan fingerprint density at radius 3 is 2.50 bits per heavy atom. The molecule has 10 heteroatoms. The first-order valence-electron chi connectivity index (χ1n) is 11.0. The lowest BCUT2D eigenvalue weighted by molar-refractivity contribution is 0.00515. The minimum Gasteiger partial charge on any atom is -0.377 e. The van der Waals surface area contributed by atoms with Crippen LogP contribution in [0.2, 0.25) is 0 Å². The standard InChI is InChI=1S/C22H28N6O3S/c1-22(2,31-3)13-28-11-10-18(27-28)32(29,30)21-24-20(25-26-21)23-19-16-8-4-6-14(16)12-15-7-5-9-17(15)19/h10-12H,4-9,13H2,1-3H3,(H2,23,24,25,26). The molecule has 2 aliphatic rings. The second kappa shape index (κ2) is 7.70. The fourth-order valence-electron chi connectivity index (χ4n) is 4.63. The molecule has 0 saturated heterocycles. The molecule has 170 valence electrons. The summed E-state index contributed by atoms with van der Waals surface area (Å²) in [5.74, 6) is 0.262. The molecule has 0 aliphatic heterocycles. The summed E-state index contributed by atoms with van der Waals surface area (Å²) in [6.45, 7) is 4.25. The van der Waals surface area contributed by atoms with Crippen molar-refractivity contribution in [2.24, 2.45) is 0 Å². The Kier molecular flexibility index (Phi) is 5.09. The van der Waals surface area contributed by atoms with Crippen LogP contribution in [-0.2, 0) is 46.8 Å². The number of nitrogens with zero attached hydrogens (tertiary/aromatic N) is 4. The minimum atomic E-state index is -3.92. The van der Waals surface area contributed by atoms with Gasteiger partial charge in [0.05, 0.1) is 12.1 Å². The maximum Gasteiger partial charge on any atom is 0.260 e. The first-order chi connectivity index (χ1) is 15.3. The molecule has 0 bridgehead atoms. The number of benzene rings is 1. The van der Waals surface area contributed by atoms with Gasteiger partial charge in [0.15, 0.2) is 5.03 Å². The van der Waals surface area contributed by atoms with Gasteiger partial charge in [0.25, 0.3) is 15.0 Å². The van der Waals surface area contributed by atoms with Crippen LogP contribution in [0.3, 0.4) is 0 Å². The number of aryl methyl sites for hydroxylation is 2. The predicted octanol–water partition coefficient (Wildman–Crippen LogP) is 2.98. The Hall–Kier alpha value is -2.72. The molecule has 0 spiro atoms. The van der Waals surface area contributed by atoms with Gasteiger partial charge in [0.1, 0.15) is 0 Å². The van der Waals surface area contributed by atoms with Crippen LogP contribution >= 0.6 is 0 Å². The van der Waals surface area contributed by atoms with Crippen LogP contribution in [0.15, 0.2) is 28.5 Å². The molecule has 2 N–H and O–H groups in total. The number of hydrogen-bond acceptors (Lipinski definition) is 7. The van der Waals surface area contributed by atoms with Crippen molar-refractivity contribution in [2.75, 3.05) is 12.4 Å². The maximum absolute atomic E-state index is 13.1. The van der Waals surface area contributed by atoms with Crippen LogP contribution in [0.1, 0.15) is 48.9 Å². The molecule has 0 radical (unpaired) electrons. The lowest BCUT2D eigenvalue weighted by Crippen LogP contribution is -2.29. The number of ether oxygens (including phenoxy) is 1. The van der Waals surface area contributed by atoms with E-state index in [1.165, 1.54) is 28.3 Å².